The highest BCUT2D eigenvalue weighted by molar-refractivity contribution is 5.93. The lowest BCUT2D eigenvalue weighted by Gasteiger charge is -2.36. The SMILES string of the molecule is O=C(c1cc2ncccn2n1)N1C[C@H]2C[C@@H](n3cnc4ccccc43)[C@H](O)C[C@H]2C1. The summed E-state index contributed by atoms with van der Waals surface area (Å²) >= 11 is 0. The molecule has 30 heavy (non-hydrogen) atoms. The Morgan fingerprint density at radius 3 is 2.77 bits per heavy atom. The van der Waals surface area contributed by atoms with E-state index < -0.39 is 6.10 Å². The van der Waals surface area contributed by atoms with Crippen molar-refractivity contribution in [2.24, 2.45) is 11.8 Å². The molecular weight excluding hydrogens is 380 g/mol. The smallest absolute Gasteiger partial charge is 0.274 e. The molecule has 3 aromatic heterocycles. The molecule has 2 aliphatic rings. The topological polar surface area (TPSA) is 88.6 Å². The standard InChI is InChI=1S/C22H22N6O2/c29-20-9-15-12-26(22(30)17-10-21-23-6-3-7-28(21)25-17)11-14(15)8-19(20)27-13-24-16-4-1-2-5-18(16)27/h1-7,10,13-15,19-20,29H,8-9,11-12H2/t14-,15+,19-,20-/m1/s1. The second-order valence-corrected chi connectivity index (χ2v) is 8.43. The van der Waals surface area contributed by atoms with E-state index in [4.69, 9.17) is 0 Å². The summed E-state index contributed by atoms with van der Waals surface area (Å²) in [4.78, 5) is 23.7. The van der Waals surface area contributed by atoms with E-state index >= 15 is 0 Å². The second-order valence-electron chi connectivity index (χ2n) is 8.43. The van der Waals surface area contributed by atoms with Gasteiger partial charge in [-0.2, -0.15) is 5.10 Å². The minimum Gasteiger partial charge on any atom is -0.391 e. The first-order valence-corrected chi connectivity index (χ1v) is 10.4. The van der Waals surface area contributed by atoms with Gasteiger partial charge < -0.3 is 14.6 Å². The third-order valence-electron chi connectivity index (χ3n) is 6.69. The Kier molecular flexibility index (Phi) is 3.89. The Morgan fingerprint density at radius 1 is 1.07 bits per heavy atom. The van der Waals surface area contributed by atoms with Crippen LogP contribution in [0.4, 0.5) is 0 Å². The van der Waals surface area contributed by atoms with Gasteiger partial charge in [-0.1, -0.05) is 12.1 Å². The van der Waals surface area contributed by atoms with E-state index in [1.54, 1.807) is 29.0 Å². The number of hydrogen-bond acceptors (Lipinski definition) is 5. The first-order chi connectivity index (χ1) is 14.7. The second kappa shape index (κ2) is 6.63. The van der Waals surface area contributed by atoms with Crippen molar-refractivity contribution in [2.75, 3.05) is 13.1 Å². The van der Waals surface area contributed by atoms with E-state index in [0.29, 0.717) is 42.7 Å². The maximum absolute atomic E-state index is 13.1. The first kappa shape index (κ1) is 17.6. The molecule has 152 valence electrons. The van der Waals surface area contributed by atoms with Crippen molar-refractivity contribution >= 4 is 22.6 Å². The molecule has 0 unspecified atom stereocenters. The number of aromatic nitrogens is 5. The van der Waals surface area contributed by atoms with Crippen molar-refractivity contribution in [2.45, 2.75) is 25.0 Å². The number of aliphatic hydroxyl groups is 1. The highest BCUT2D eigenvalue weighted by atomic mass is 16.3. The molecule has 1 saturated carbocycles. The summed E-state index contributed by atoms with van der Waals surface area (Å²) in [7, 11) is 0. The molecule has 8 heteroatoms. The van der Waals surface area contributed by atoms with Gasteiger partial charge in [0.1, 0.15) is 0 Å². The van der Waals surface area contributed by atoms with Crippen molar-refractivity contribution in [3.8, 4) is 0 Å². The van der Waals surface area contributed by atoms with Crippen LogP contribution in [-0.2, 0) is 0 Å². The van der Waals surface area contributed by atoms with Gasteiger partial charge in [0.05, 0.1) is 29.5 Å². The third kappa shape index (κ3) is 2.71. The number of imidazole rings is 1. The van der Waals surface area contributed by atoms with Crippen LogP contribution in [0.15, 0.2) is 55.1 Å². The van der Waals surface area contributed by atoms with Crippen LogP contribution in [0.5, 0.6) is 0 Å². The number of rotatable bonds is 2. The molecule has 1 saturated heterocycles. The van der Waals surface area contributed by atoms with Gasteiger partial charge in [0.25, 0.3) is 5.91 Å². The monoisotopic (exact) mass is 402 g/mol. The summed E-state index contributed by atoms with van der Waals surface area (Å²) in [6, 6.07) is 11.5. The zero-order valence-corrected chi connectivity index (χ0v) is 16.4. The normalized spacial score (nSPS) is 26.4. The van der Waals surface area contributed by atoms with Crippen LogP contribution >= 0.6 is 0 Å². The van der Waals surface area contributed by atoms with E-state index in [1.165, 1.54) is 0 Å². The van der Waals surface area contributed by atoms with Crippen LogP contribution < -0.4 is 0 Å². The predicted molar refractivity (Wildman–Crippen MR) is 110 cm³/mol. The van der Waals surface area contributed by atoms with Crippen LogP contribution in [0, 0.1) is 11.8 Å². The van der Waals surface area contributed by atoms with E-state index in [9.17, 15) is 9.90 Å². The molecule has 1 amide bonds. The maximum Gasteiger partial charge on any atom is 0.274 e. The molecule has 4 aromatic rings. The lowest BCUT2D eigenvalue weighted by molar-refractivity contribution is 0.0374. The van der Waals surface area contributed by atoms with E-state index in [1.807, 2.05) is 35.5 Å². The molecule has 1 aliphatic carbocycles. The van der Waals surface area contributed by atoms with Gasteiger partial charge in [0.15, 0.2) is 11.3 Å². The third-order valence-corrected chi connectivity index (χ3v) is 6.69. The molecule has 4 atom stereocenters. The Hall–Kier alpha value is -3.26. The predicted octanol–water partition coefficient (Wildman–Crippen LogP) is 2.16. The number of para-hydroxylation sites is 2. The number of aliphatic hydroxyl groups excluding tert-OH is 1. The highest BCUT2D eigenvalue weighted by Crippen LogP contribution is 2.42. The fourth-order valence-electron chi connectivity index (χ4n) is 5.21. The molecule has 4 heterocycles. The van der Waals surface area contributed by atoms with Gasteiger partial charge in [0, 0.05) is 31.5 Å². The quantitative estimate of drug-likeness (QED) is 0.555. The zero-order valence-electron chi connectivity index (χ0n) is 16.4. The summed E-state index contributed by atoms with van der Waals surface area (Å²) < 4.78 is 3.73. The van der Waals surface area contributed by atoms with Crippen LogP contribution in [0.3, 0.4) is 0 Å². The Morgan fingerprint density at radius 2 is 1.90 bits per heavy atom. The highest BCUT2D eigenvalue weighted by Gasteiger charge is 2.44. The van der Waals surface area contributed by atoms with Gasteiger partial charge in [0.2, 0.25) is 0 Å². The summed E-state index contributed by atoms with van der Waals surface area (Å²) in [5, 5.41) is 15.3. The average Bonchev–Trinajstić information content (AvgIpc) is 3.48. The number of benzene rings is 1. The number of likely N-dealkylation sites (tertiary alicyclic amines) is 1. The minimum atomic E-state index is -0.446. The Bertz CT molecular complexity index is 1210. The van der Waals surface area contributed by atoms with Crippen LogP contribution in [0.25, 0.3) is 16.7 Å². The number of fused-ring (bicyclic) bond motifs is 3. The number of nitrogens with zero attached hydrogens (tertiary/aromatic N) is 6. The number of carbonyl (C=O) groups is 1. The largest absolute Gasteiger partial charge is 0.391 e. The lowest BCUT2D eigenvalue weighted by Crippen LogP contribution is -2.36. The summed E-state index contributed by atoms with van der Waals surface area (Å²) in [6.45, 7) is 1.36. The molecule has 1 N–H and O–H groups in total. The number of amides is 1. The number of hydrogen-bond donors (Lipinski definition) is 1. The van der Waals surface area contributed by atoms with Gasteiger partial charge >= 0.3 is 0 Å². The Balaban J connectivity index is 1.23. The van der Waals surface area contributed by atoms with Crippen LogP contribution in [-0.4, -0.2) is 59.3 Å². The molecule has 6 rings (SSSR count). The summed E-state index contributed by atoms with van der Waals surface area (Å²) in [5.41, 5.74) is 3.07. The molecule has 2 fully saturated rings. The van der Waals surface area contributed by atoms with E-state index in [2.05, 4.69) is 19.6 Å². The summed E-state index contributed by atoms with van der Waals surface area (Å²) in [5.74, 6) is 0.609. The molecule has 0 spiro atoms. The molecule has 8 nitrogen and oxygen atoms in total. The fourth-order valence-corrected chi connectivity index (χ4v) is 5.21. The first-order valence-electron chi connectivity index (χ1n) is 10.4. The molecule has 0 radical (unpaired) electrons. The van der Waals surface area contributed by atoms with Gasteiger partial charge in [-0.3, -0.25) is 4.79 Å². The fraction of sp³-hybridized carbons (Fsp3) is 0.364. The van der Waals surface area contributed by atoms with E-state index in [0.717, 1.165) is 17.5 Å². The van der Waals surface area contributed by atoms with Crippen molar-refractivity contribution in [1.29, 1.82) is 0 Å². The minimum absolute atomic E-state index is 0.0203. The molecule has 0 bridgehead atoms. The van der Waals surface area contributed by atoms with Crippen molar-refractivity contribution in [1.82, 2.24) is 29.0 Å². The van der Waals surface area contributed by atoms with Gasteiger partial charge in [-0.05, 0) is 42.9 Å². The average molecular weight is 402 g/mol. The zero-order chi connectivity index (χ0) is 20.2. The Labute approximate surface area is 172 Å². The molecule has 1 aliphatic heterocycles. The van der Waals surface area contributed by atoms with Crippen LogP contribution in [0.2, 0.25) is 0 Å². The van der Waals surface area contributed by atoms with Crippen molar-refractivity contribution < 1.29 is 9.90 Å². The number of carbonyl (C=O) groups excluding carboxylic acids is 1. The molecular formula is C22H22N6O2. The summed E-state index contributed by atoms with van der Waals surface area (Å²) in [6.07, 6.45) is 6.40. The van der Waals surface area contributed by atoms with Gasteiger partial charge in [-0.15, -0.1) is 0 Å². The van der Waals surface area contributed by atoms with E-state index in [-0.39, 0.29) is 11.9 Å². The maximum atomic E-state index is 13.1. The molecule has 1 aromatic carbocycles. The van der Waals surface area contributed by atoms with Gasteiger partial charge in [-0.25, -0.2) is 14.5 Å². The lowest BCUT2D eigenvalue weighted by atomic mass is 9.77. The van der Waals surface area contributed by atoms with Crippen LogP contribution in [0.1, 0.15) is 29.4 Å². The van der Waals surface area contributed by atoms with Crippen molar-refractivity contribution in [3.63, 3.8) is 0 Å². The van der Waals surface area contributed by atoms with Crippen molar-refractivity contribution in [3.05, 3.63) is 60.8 Å².